The van der Waals surface area contributed by atoms with Crippen LogP contribution in [0.1, 0.15) is 10.4 Å². The van der Waals surface area contributed by atoms with Crippen LogP contribution in [0.3, 0.4) is 0 Å². The lowest BCUT2D eigenvalue weighted by Crippen LogP contribution is -2.32. The van der Waals surface area contributed by atoms with E-state index in [0.29, 0.717) is 5.57 Å². The van der Waals surface area contributed by atoms with E-state index < -0.39 is 15.9 Å². The Morgan fingerprint density at radius 1 is 1.35 bits per heavy atom. The van der Waals surface area contributed by atoms with Crippen molar-refractivity contribution >= 4 is 27.5 Å². The number of nitrogens with zero attached hydrogens (tertiary/aromatic N) is 1. The fourth-order valence-electron chi connectivity index (χ4n) is 1.63. The second-order valence-corrected chi connectivity index (χ2v) is 5.79. The summed E-state index contributed by atoms with van der Waals surface area (Å²) in [6, 6.07) is 6.14. The van der Waals surface area contributed by atoms with Gasteiger partial charge in [-0.2, -0.15) is 0 Å². The van der Waals surface area contributed by atoms with Gasteiger partial charge in [0.2, 0.25) is 0 Å². The quantitative estimate of drug-likeness (QED) is 0.620. The summed E-state index contributed by atoms with van der Waals surface area (Å²) in [6.45, 7) is 3.54. The van der Waals surface area contributed by atoms with Crippen LogP contribution >= 0.6 is 11.6 Å². The normalized spacial score (nSPS) is 17.0. The molecule has 1 aromatic carbocycles. The fraction of sp³-hybridized carbons (Fsp3) is 0.182. The van der Waals surface area contributed by atoms with Crippen LogP contribution in [0, 0.1) is 0 Å². The van der Waals surface area contributed by atoms with Crippen molar-refractivity contribution in [3.8, 4) is 0 Å². The predicted molar refractivity (Wildman–Crippen MR) is 64.5 cm³/mol. The van der Waals surface area contributed by atoms with Gasteiger partial charge in [-0.15, -0.1) is 11.6 Å². The molecule has 0 aliphatic carbocycles. The van der Waals surface area contributed by atoms with Crippen LogP contribution in [0.5, 0.6) is 0 Å². The number of sulfonamides is 1. The Bertz CT molecular complexity index is 594. The molecular formula is C11H10ClNO3S. The number of carbonyl (C=O) groups excluding carboxylic acids is 1. The third-order valence-electron chi connectivity index (χ3n) is 2.47. The second kappa shape index (κ2) is 4.16. The molecule has 1 aliphatic rings. The number of amides is 1. The number of hydrogen-bond acceptors (Lipinski definition) is 3. The van der Waals surface area contributed by atoms with Gasteiger partial charge in [0.1, 0.15) is 4.90 Å². The molecular weight excluding hydrogens is 262 g/mol. The van der Waals surface area contributed by atoms with Gasteiger partial charge < -0.3 is 0 Å². The predicted octanol–water partition coefficient (Wildman–Crippen LogP) is 1.63. The molecule has 1 amide bonds. The minimum Gasteiger partial charge on any atom is -0.268 e. The van der Waals surface area contributed by atoms with Crippen molar-refractivity contribution in [1.82, 2.24) is 4.31 Å². The summed E-state index contributed by atoms with van der Waals surface area (Å²) in [5, 5.41) is 0. The monoisotopic (exact) mass is 271 g/mol. The summed E-state index contributed by atoms with van der Waals surface area (Å²) in [5.41, 5.74) is 0.686. The molecule has 0 aromatic heterocycles. The Hall–Kier alpha value is -1.33. The summed E-state index contributed by atoms with van der Waals surface area (Å²) < 4.78 is 24.9. The van der Waals surface area contributed by atoms with Gasteiger partial charge in [-0.05, 0) is 17.7 Å². The maximum atomic E-state index is 12.1. The number of benzene rings is 1. The first kappa shape index (κ1) is 12.1. The first-order valence-corrected chi connectivity index (χ1v) is 6.84. The molecule has 0 N–H and O–H groups in total. The van der Waals surface area contributed by atoms with Gasteiger partial charge in [-0.1, -0.05) is 18.7 Å². The molecule has 2 rings (SSSR count). The lowest BCUT2D eigenvalue weighted by molar-refractivity contribution is 0.0878. The number of rotatable bonds is 3. The molecule has 1 aromatic rings. The highest BCUT2D eigenvalue weighted by Crippen LogP contribution is 2.30. The average molecular weight is 272 g/mol. The van der Waals surface area contributed by atoms with Crippen molar-refractivity contribution in [1.29, 1.82) is 0 Å². The second-order valence-electron chi connectivity index (χ2n) is 3.70. The molecule has 0 unspecified atom stereocenters. The van der Waals surface area contributed by atoms with Crippen molar-refractivity contribution < 1.29 is 13.2 Å². The summed E-state index contributed by atoms with van der Waals surface area (Å²) >= 11 is 5.55. The molecule has 6 heteroatoms. The van der Waals surface area contributed by atoms with E-state index in [9.17, 15) is 13.2 Å². The van der Waals surface area contributed by atoms with Crippen molar-refractivity contribution in [2.75, 3.05) is 12.4 Å². The highest BCUT2D eigenvalue weighted by molar-refractivity contribution is 7.90. The van der Waals surface area contributed by atoms with Crippen LogP contribution in [0.2, 0.25) is 0 Å². The highest BCUT2D eigenvalue weighted by Gasteiger charge is 2.40. The zero-order valence-corrected chi connectivity index (χ0v) is 10.5. The van der Waals surface area contributed by atoms with Crippen LogP contribution < -0.4 is 0 Å². The van der Waals surface area contributed by atoms with E-state index >= 15 is 0 Å². The van der Waals surface area contributed by atoms with Crippen LogP contribution in [-0.4, -0.2) is 31.1 Å². The number of alkyl halides is 1. The third kappa shape index (κ3) is 1.85. The zero-order chi connectivity index (χ0) is 12.6. The Balaban J connectivity index is 2.48. The van der Waals surface area contributed by atoms with Gasteiger partial charge in [0.05, 0.1) is 12.1 Å². The number of carbonyl (C=O) groups is 1. The van der Waals surface area contributed by atoms with Crippen molar-refractivity contribution in [3.63, 3.8) is 0 Å². The average Bonchev–Trinajstić information content (AvgIpc) is 2.51. The molecule has 90 valence electrons. The van der Waals surface area contributed by atoms with E-state index in [1.54, 1.807) is 12.1 Å². The molecule has 0 radical (unpaired) electrons. The van der Waals surface area contributed by atoms with Crippen LogP contribution in [-0.2, 0) is 10.0 Å². The van der Waals surface area contributed by atoms with Gasteiger partial charge >= 0.3 is 0 Å². The maximum absolute atomic E-state index is 12.1. The van der Waals surface area contributed by atoms with E-state index in [4.69, 9.17) is 11.6 Å². The minimum atomic E-state index is -3.74. The Kier molecular flexibility index (Phi) is 2.97. The SMILES string of the molecule is C=C(CCl)CN1C(=O)c2ccccc2S1(=O)=O. The smallest absolute Gasteiger partial charge is 0.268 e. The third-order valence-corrected chi connectivity index (χ3v) is 4.63. The standard InChI is InChI=1S/C11H10ClNO3S/c1-8(6-12)7-13-11(14)9-4-2-3-5-10(9)17(13,15)16/h2-5H,1,6-7H2. The molecule has 0 fully saturated rings. The van der Waals surface area contributed by atoms with E-state index in [1.165, 1.54) is 12.1 Å². The summed E-state index contributed by atoms with van der Waals surface area (Å²) in [7, 11) is -3.74. The number of hydrogen-bond donors (Lipinski definition) is 0. The molecule has 1 aliphatic heterocycles. The van der Waals surface area contributed by atoms with E-state index in [1.807, 2.05) is 0 Å². The zero-order valence-electron chi connectivity index (χ0n) is 8.89. The lowest BCUT2D eigenvalue weighted by atomic mass is 10.2. The molecule has 0 atom stereocenters. The lowest BCUT2D eigenvalue weighted by Gasteiger charge is -2.15. The summed E-state index contributed by atoms with van der Waals surface area (Å²) in [6.07, 6.45) is 0. The van der Waals surface area contributed by atoms with Crippen molar-refractivity contribution in [2.24, 2.45) is 0 Å². The molecule has 4 nitrogen and oxygen atoms in total. The number of halogens is 1. The highest BCUT2D eigenvalue weighted by atomic mass is 35.5. The Labute approximate surface area is 105 Å². The van der Waals surface area contributed by atoms with Crippen LogP contribution in [0.4, 0.5) is 0 Å². The van der Waals surface area contributed by atoms with E-state index in [2.05, 4.69) is 6.58 Å². The Morgan fingerprint density at radius 3 is 2.59 bits per heavy atom. The molecule has 0 bridgehead atoms. The van der Waals surface area contributed by atoms with E-state index in [-0.39, 0.29) is 22.9 Å². The topological polar surface area (TPSA) is 54.5 Å². The number of fused-ring (bicyclic) bond motifs is 1. The van der Waals surface area contributed by atoms with Gasteiger partial charge in [0.15, 0.2) is 0 Å². The first-order valence-electron chi connectivity index (χ1n) is 4.87. The van der Waals surface area contributed by atoms with Crippen molar-refractivity contribution in [2.45, 2.75) is 4.90 Å². The molecule has 1 heterocycles. The molecule has 0 saturated heterocycles. The van der Waals surface area contributed by atoms with Gasteiger partial charge in [-0.25, -0.2) is 12.7 Å². The van der Waals surface area contributed by atoms with Crippen LogP contribution in [0.15, 0.2) is 41.3 Å². The fourth-order valence-corrected chi connectivity index (χ4v) is 3.31. The maximum Gasteiger partial charge on any atom is 0.269 e. The van der Waals surface area contributed by atoms with Crippen molar-refractivity contribution in [3.05, 3.63) is 42.0 Å². The van der Waals surface area contributed by atoms with Gasteiger partial charge in [0, 0.05) is 5.88 Å². The first-order chi connectivity index (χ1) is 7.98. The summed E-state index contributed by atoms with van der Waals surface area (Å²) in [5.74, 6) is -0.401. The Morgan fingerprint density at radius 2 is 2.00 bits per heavy atom. The van der Waals surface area contributed by atoms with Crippen LogP contribution in [0.25, 0.3) is 0 Å². The molecule has 17 heavy (non-hydrogen) atoms. The van der Waals surface area contributed by atoms with E-state index in [0.717, 1.165) is 4.31 Å². The minimum absolute atomic E-state index is 0.0485. The van der Waals surface area contributed by atoms with Gasteiger partial charge in [0.25, 0.3) is 15.9 Å². The molecule has 0 spiro atoms. The molecule has 0 saturated carbocycles. The van der Waals surface area contributed by atoms with Gasteiger partial charge in [-0.3, -0.25) is 4.79 Å². The summed E-state index contributed by atoms with van der Waals surface area (Å²) in [4.78, 5) is 12.0. The largest absolute Gasteiger partial charge is 0.269 e.